The summed E-state index contributed by atoms with van der Waals surface area (Å²) in [6, 6.07) is 10.6. The zero-order chi connectivity index (χ0) is 16.2. The van der Waals surface area contributed by atoms with E-state index in [1.807, 2.05) is 30.6 Å². The van der Waals surface area contributed by atoms with Crippen molar-refractivity contribution in [3.63, 3.8) is 0 Å². The van der Waals surface area contributed by atoms with Gasteiger partial charge in [-0.3, -0.25) is 4.79 Å². The molecule has 0 unspecified atom stereocenters. The van der Waals surface area contributed by atoms with Crippen LogP contribution in [-0.2, 0) is 0 Å². The number of benzene rings is 1. The van der Waals surface area contributed by atoms with Crippen LogP contribution in [0, 0.1) is 0 Å². The van der Waals surface area contributed by atoms with Gasteiger partial charge < -0.3 is 17.7 Å². The molecule has 1 aromatic carbocycles. The van der Waals surface area contributed by atoms with Crippen molar-refractivity contribution in [2.75, 3.05) is 5.32 Å². The van der Waals surface area contributed by atoms with Crippen LogP contribution in [0.25, 0.3) is 5.95 Å². The van der Waals surface area contributed by atoms with Crippen LogP contribution < -0.4 is 22.3 Å². The number of rotatable bonds is 3. The third-order valence-electron chi connectivity index (χ3n) is 3.05. The van der Waals surface area contributed by atoms with E-state index in [2.05, 4.69) is 15.3 Å². The Balaban J connectivity index is 0.00000208. The van der Waals surface area contributed by atoms with Gasteiger partial charge in [-0.25, -0.2) is 4.57 Å². The molecule has 0 fully saturated rings. The molecule has 0 spiro atoms. The second kappa shape index (κ2) is 8.06. The summed E-state index contributed by atoms with van der Waals surface area (Å²) in [6.45, 7) is 0. The van der Waals surface area contributed by atoms with E-state index in [1.165, 1.54) is 12.4 Å². The van der Waals surface area contributed by atoms with Gasteiger partial charge in [0.15, 0.2) is 0 Å². The van der Waals surface area contributed by atoms with Crippen molar-refractivity contribution < 1.29 is 21.8 Å². The predicted molar refractivity (Wildman–Crippen MR) is 88.0 cm³/mol. The van der Waals surface area contributed by atoms with Crippen molar-refractivity contribution in [3.8, 4) is 5.95 Å². The van der Waals surface area contributed by atoms with Gasteiger partial charge in [0, 0.05) is 0 Å². The first-order valence-corrected chi connectivity index (χ1v) is 7.45. The molecule has 122 valence electrons. The van der Waals surface area contributed by atoms with Crippen molar-refractivity contribution in [1.82, 2.24) is 9.97 Å². The Hall–Kier alpha value is -2.21. The highest BCUT2D eigenvalue weighted by Crippen LogP contribution is 2.30. The number of pyridine rings is 1. The summed E-state index contributed by atoms with van der Waals surface area (Å²) in [6.07, 6.45) is 6.53. The molecule has 3 rings (SSSR count). The van der Waals surface area contributed by atoms with Gasteiger partial charge >= 0.3 is 5.95 Å². The quantitative estimate of drug-likeness (QED) is 0.665. The fraction of sp³-hybridized carbons (Fsp3) is 0. The Morgan fingerprint density at radius 2 is 1.54 bits per heavy atom. The lowest BCUT2D eigenvalue weighted by Crippen LogP contribution is -3.00. The van der Waals surface area contributed by atoms with Gasteiger partial charge in [0.2, 0.25) is 0 Å². The lowest BCUT2D eigenvalue weighted by Gasteiger charge is -2.07. The van der Waals surface area contributed by atoms with Crippen LogP contribution in [0.3, 0.4) is 0 Å². The molecule has 0 saturated carbocycles. The number of hydrogen-bond donors (Lipinski definition) is 1. The van der Waals surface area contributed by atoms with E-state index in [0.29, 0.717) is 27.2 Å². The molecule has 1 N–H and O–H groups in total. The molecular formula is C16H11Cl3N4O. The van der Waals surface area contributed by atoms with Crippen LogP contribution in [-0.4, -0.2) is 15.9 Å². The van der Waals surface area contributed by atoms with Gasteiger partial charge in [0.05, 0.1) is 28.1 Å². The minimum Gasteiger partial charge on any atom is -1.00 e. The molecule has 8 heteroatoms. The molecule has 0 aliphatic carbocycles. The average Bonchev–Trinajstić information content (AvgIpc) is 2.59. The lowest BCUT2D eigenvalue weighted by molar-refractivity contribution is -0.603. The largest absolute Gasteiger partial charge is 1.00 e. The molecule has 3 aromatic rings. The first-order chi connectivity index (χ1) is 11.1. The number of aromatic nitrogens is 3. The molecule has 0 atom stereocenters. The highest BCUT2D eigenvalue weighted by atomic mass is 35.5. The van der Waals surface area contributed by atoms with Crippen LogP contribution >= 0.6 is 23.2 Å². The number of halogens is 3. The summed E-state index contributed by atoms with van der Waals surface area (Å²) < 4.78 is 1.74. The minimum absolute atomic E-state index is 0. The van der Waals surface area contributed by atoms with Crippen molar-refractivity contribution in [2.45, 2.75) is 0 Å². The van der Waals surface area contributed by atoms with E-state index in [-0.39, 0.29) is 18.3 Å². The average molecular weight is 382 g/mol. The molecule has 24 heavy (non-hydrogen) atoms. The summed E-state index contributed by atoms with van der Waals surface area (Å²) in [5.74, 6) is 0.0857. The van der Waals surface area contributed by atoms with E-state index in [1.54, 1.807) is 22.8 Å². The highest BCUT2D eigenvalue weighted by molar-refractivity contribution is 6.40. The van der Waals surface area contributed by atoms with Gasteiger partial charge in [-0.05, 0) is 24.3 Å². The van der Waals surface area contributed by atoms with Gasteiger partial charge in [-0.15, -0.1) is 0 Å². The number of nitrogens with one attached hydrogen (secondary N) is 1. The summed E-state index contributed by atoms with van der Waals surface area (Å²) in [5.41, 5.74) is 0.670. The van der Waals surface area contributed by atoms with Crippen molar-refractivity contribution >= 4 is 34.8 Å². The van der Waals surface area contributed by atoms with E-state index < -0.39 is 0 Å². The normalized spacial score (nSPS) is 9.92. The van der Waals surface area contributed by atoms with E-state index in [4.69, 9.17) is 23.2 Å². The first kappa shape index (κ1) is 18.1. The Morgan fingerprint density at radius 1 is 0.958 bits per heavy atom. The van der Waals surface area contributed by atoms with Gasteiger partial charge in [0.25, 0.3) is 5.91 Å². The third kappa shape index (κ3) is 4.00. The fourth-order valence-corrected chi connectivity index (χ4v) is 2.40. The van der Waals surface area contributed by atoms with Crippen LogP contribution in [0.5, 0.6) is 0 Å². The van der Waals surface area contributed by atoms with Crippen molar-refractivity contribution in [3.05, 3.63) is 76.8 Å². The minimum atomic E-state index is -0.385. The monoisotopic (exact) mass is 380 g/mol. The van der Waals surface area contributed by atoms with Gasteiger partial charge in [-0.2, -0.15) is 0 Å². The Labute approximate surface area is 154 Å². The highest BCUT2D eigenvalue weighted by Gasteiger charge is 2.16. The molecule has 2 aromatic heterocycles. The summed E-state index contributed by atoms with van der Waals surface area (Å²) in [5, 5.41) is 3.39. The lowest BCUT2D eigenvalue weighted by atomic mass is 10.2. The first-order valence-electron chi connectivity index (χ1n) is 6.69. The van der Waals surface area contributed by atoms with Crippen molar-refractivity contribution in [2.24, 2.45) is 0 Å². The number of para-hydroxylation sites is 1. The second-order valence-corrected chi connectivity index (χ2v) is 5.42. The standard InChI is InChI=1S/C16H10Cl2N4O.ClH/c17-12-5-4-6-13(18)14(12)21-15(23)11-9-19-16(20-10-11)22-7-2-1-3-8-22;/h1-10H;1H. The Bertz CT molecular complexity index is 821. The van der Waals surface area contributed by atoms with Crippen LogP contribution in [0.1, 0.15) is 10.4 Å². The molecule has 0 radical (unpaired) electrons. The van der Waals surface area contributed by atoms with Crippen LogP contribution in [0.15, 0.2) is 61.2 Å². The van der Waals surface area contributed by atoms with Gasteiger partial charge in [0.1, 0.15) is 18.0 Å². The summed E-state index contributed by atoms with van der Waals surface area (Å²) in [7, 11) is 0. The maximum atomic E-state index is 12.3. The summed E-state index contributed by atoms with van der Waals surface area (Å²) in [4.78, 5) is 20.6. The van der Waals surface area contributed by atoms with Gasteiger partial charge in [-0.1, -0.05) is 45.3 Å². The molecule has 0 aliphatic heterocycles. The van der Waals surface area contributed by atoms with Crippen LogP contribution in [0.4, 0.5) is 5.69 Å². The maximum absolute atomic E-state index is 12.3. The zero-order valence-corrected chi connectivity index (χ0v) is 14.4. The van der Waals surface area contributed by atoms with E-state index in [9.17, 15) is 4.79 Å². The fourth-order valence-electron chi connectivity index (χ4n) is 1.91. The van der Waals surface area contributed by atoms with E-state index >= 15 is 0 Å². The maximum Gasteiger partial charge on any atom is 0.437 e. The SMILES string of the molecule is O=C(Nc1c(Cl)cccc1Cl)c1cnc(-[n+]2ccccc2)nc1.[Cl-]. The number of nitrogens with zero attached hydrogens (tertiary/aromatic N) is 3. The Kier molecular flexibility index (Phi) is 6.09. The zero-order valence-electron chi connectivity index (χ0n) is 12.2. The summed E-state index contributed by atoms with van der Waals surface area (Å²) >= 11 is 12.1. The molecule has 0 saturated heterocycles. The number of carbonyl (C=O) groups excluding carboxylic acids is 1. The second-order valence-electron chi connectivity index (χ2n) is 4.61. The molecule has 0 aliphatic rings. The molecule has 5 nitrogen and oxygen atoms in total. The predicted octanol–water partition coefficient (Wildman–Crippen LogP) is 0.316. The number of hydrogen-bond acceptors (Lipinski definition) is 3. The number of amides is 1. The number of anilines is 1. The van der Waals surface area contributed by atoms with Crippen LogP contribution in [0.2, 0.25) is 10.0 Å². The molecule has 2 heterocycles. The van der Waals surface area contributed by atoms with E-state index in [0.717, 1.165) is 0 Å². The number of carbonyl (C=O) groups is 1. The molecular weight excluding hydrogens is 371 g/mol. The molecule has 0 bridgehead atoms. The smallest absolute Gasteiger partial charge is 0.437 e. The molecule has 1 amide bonds. The third-order valence-corrected chi connectivity index (χ3v) is 3.68. The Morgan fingerprint density at radius 3 is 2.12 bits per heavy atom. The topological polar surface area (TPSA) is 58.8 Å². The van der Waals surface area contributed by atoms with Crippen molar-refractivity contribution in [1.29, 1.82) is 0 Å².